The zero-order valence-electron chi connectivity index (χ0n) is 8.91. The lowest BCUT2D eigenvalue weighted by Crippen LogP contribution is -2.06. The van der Waals surface area contributed by atoms with Crippen LogP contribution < -0.4 is 9.47 Å². The number of carbonyl (C=O) groups is 1. The van der Waals surface area contributed by atoms with Crippen LogP contribution in [0, 0.1) is 0 Å². The molecule has 0 amide bonds. The van der Waals surface area contributed by atoms with Gasteiger partial charge in [0.15, 0.2) is 11.5 Å². The molecule has 0 fully saturated rings. The van der Waals surface area contributed by atoms with Gasteiger partial charge in [0.1, 0.15) is 10.6 Å². The largest absolute Gasteiger partial charge is 0.504 e. The first-order chi connectivity index (χ1) is 8.20. The molecule has 5 nitrogen and oxygen atoms in total. The van der Waals surface area contributed by atoms with Crippen LogP contribution in [0.2, 0.25) is 0 Å². The number of carbonyl (C=O) groups excluding carboxylic acids is 1. The molecule has 0 radical (unpaired) electrons. The molecular formula is C11H9NO4S. The van der Waals surface area contributed by atoms with Gasteiger partial charge in [-0.1, -0.05) is 0 Å². The lowest BCUT2D eigenvalue weighted by Gasteiger charge is -2.06. The number of phenols is 1. The summed E-state index contributed by atoms with van der Waals surface area (Å²) < 4.78 is 9.93. The van der Waals surface area contributed by atoms with E-state index in [9.17, 15) is 9.90 Å². The van der Waals surface area contributed by atoms with Crippen molar-refractivity contribution in [3.63, 3.8) is 0 Å². The summed E-state index contributed by atoms with van der Waals surface area (Å²) in [4.78, 5) is 15.8. The Balaban J connectivity index is 2.14. The van der Waals surface area contributed by atoms with Crippen LogP contribution in [0.25, 0.3) is 0 Å². The first-order valence-electron chi connectivity index (χ1n) is 4.68. The van der Waals surface area contributed by atoms with Gasteiger partial charge in [0.25, 0.3) is 0 Å². The second-order valence-electron chi connectivity index (χ2n) is 3.09. The van der Waals surface area contributed by atoms with Crippen LogP contribution in [0.5, 0.6) is 17.2 Å². The Labute approximate surface area is 101 Å². The van der Waals surface area contributed by atoms with Gasteiger partial charge in [-0.3, -0.25) is 4.98 Å². The normalized spacial score (nSPS) is 9.94. The number of benzene rings is 1. The summed E-state index contributed by atoms with van der Waals surface area (Å²) in [6.07, 6.45) is 1.43. The second kappa shape index (κ2) is 4.84. The average Bonchev–Trinajstić information content (AvgIpc) is 2.82. The van der Waals surface area contributed by atoms with Crippen molar-refractivity contribution in [1.29, 1.82) is 0 Å². The van der Waals surface area contributed by atoms with Crippen molar-refractivity contribution >= 4 is 17.3 Å². The summed E-state index contributed by atoms with van der Waals surface area (Å²) in [5, 5.41) is 9.51. The van der Waals surface area contributed by atoms with Crippen LogP contribution in [-0.2, 0) is 0 Å². The molecule has 0 aliphatic rings. The Morgan fingerprint density at radius 3 is 2.88 bits per heavy atom. The van der Waals surface area contributed by atoms with E-state index in [0.717, 1.165) is 0 Å². The van der Waals surface area contributed by atoms with E-state index in [1.807, 2.05) is 0 Å². The van der Waals surface area contributed by atoms with E-state index < -0.39 is 5.97 Å². The Hall–Kier alpha value is -2.08. The molecule has 1 aromatic carbocycles. The standard InChI is InChI=1S/C11H9NO4S/c1-15-9-3-2-7(4-8(9)13)16-11(14)10-5-12-6-17-10/h2-6,13H,1H3. The monoisotopic (exact) mass is 251 g/mol. The van der Waals surface area contributed by atoms with Crippen LogP contribution in [0.3, 0.4) is 0 Å². The van der Waals surface area contributed by atoms with Crippen LogP contribution in [0.1, 0.15) is 9.67 Å². The summed E-state index contributed by atoms with van der Waals surface area (Å²) in [6.45, 7) is 0. The van der Waals surface area contributed by atoms with Crippen molar-refractivity contribution in [2.24, 2.45) is 0 Å². The fraction of sp³-hybridized carbons (Fsp3) is 0.0909. The molecular weight excluding hydrogens is 242 g/mol. The molecule has 88 valence electrons. The van der Waals surface area contributed by atoms with E-state index in [-0.39, 0.29) is 11.5 Å². The maximum absolute atomic E-state index is 11.6. The number of nitrogens with zero attached hydrogens (tertiary/aromatic N) is 1. The summed E-state index contributed by atoms with van der Waals surface area (Å²) in [5.41, 5.74) is 1.54. The van der Waals surface area contributed by atoms with E-state index >= 15 is 0 Å². The predicted molar refractivity (Wildman–Crippen MR) is 61.7 cm³/mol. The van der Waals surface area contributed by atoms with Gasteiger partial charge in [-0.15, -0.1) is 11.3 Å². The van der Waals surface area contributed by atoms with Crippen LogP contribution in [0.4, 0.5) is 0 Å². The Bertz CT molecular complexity index is 524. The van der Waals surface area contributed by atoms with Gasteiger partial charge >= 0.3 is 5.97 Å². The molecule has 2 rings (SSSR count). The van der Waals surface area contributed by atoms with Gasteiger partial charge in [-0.2, -0.15) is 0 Å². The number of aromatic hydroxyl groups is 1. The number of aromatic nitrogens is 1. The molecule has 0 aliphatic carbocycles. The molecule has 0 spiro atoms. The maximum Gasteiger partial charge on any atom is 0.355 e. The van der Waals surface area contributed by atoms with Gasteiger partial charge in [0, 0.05) is 6.07 Å². The van der Waals surface area contributed by atoms with Crippen molar-refractivity contribution in [2.75, 3.05) is 7.11 Å². The van der Waals surface area contributed by atoms with Crippen molar-refractivity contribution in [2.45, 2.75) is 0 Å². The van der Waals surface area contributed by atoms with Gasteiger partial charge in [0.05, 0.1) is 18.8 Å². The minimum Gasteiger partial charge on any atom is -0.504 e. The van der Waals surface area contributed by atoms with Crippen molar-refractivity contribution in [3.8, 4) is 17.2 Å². The number of hydrogen-bond donors (Lipinski definition) is 1. The Morgan fingerprint density at radius 2 is 2.29 bits per heavy atom. The lowest BCUT2D eigenvalue weighted by atomic mass is 10.3. The summed E-state index contributed by atoms with van der Waals surface area (Å²) in [7, 11) is 1.44. The van der Waals surface area contributed by atoms with Gasteiger partial charge in [-0.25, -0.2) is 4.79 Å². The van der Waals surface area contributed by atoms with E-state index in [1.165, 1.54) is 42.8 Å². The van der Waals surface area contributed by atoms with Crippen LogP contribution >= 0.6 is 11.3 Å². The molecule has 2 aromatic rings. The highest BCUT2D eigenvalue weighted by molar-refractivity contribution is 7.11. The number of rotatable bonds is 3. The third-order valence-corrected chi connectivity index (χ3v) is 2.75. The summed E-state index contributed by atoms with van der Waals surface area (Å²) >= 11 is 1.19. The Kier molecular flexibility index (Phi) is 3.24. The first-order valence-corrected chi connectivity index (χ1v) is 5.56. The minimum atomic E-state index is -0.503. The lowest BCUT2D eigenvalue weighted by molar-refractivity contribution is 0.0739. The predicted octanol–water partition coefficient (Wildman–Crippen LogP) is 2.08. The van der Waals surface area contributed by atoms with Crippen LogP contribution in [-0.4, -0.2) is 23.2 Å². The highest BCUT2D eigenvalue weighted by atomic mass is 32.1. The molecule has 17 heavy (non-hydrogen) atoms. The number of thiazole rings is 1. The number of methoxy groups -OCH3 is 1. The molecule has 1 aromatic heterocycles. The molecule has 0 bridgehead atoms. The smallest absolute Gasteiger partial charge is 0.355 e. The molecule has 0 atom stereocenters. The van der Waals surface area contributed by atoms with Crippen LogP contribution in [0.15, 0.2) is 29.9 Å². The van der Waals surface area contributed by atoms with E-state index in [4.69, 9.17) is 9.47 Å². The fourth-order valence-corrected chi connectivity index (χ4v) is 1.70. The minimum absolute atomic E-state index is 0.0814. The fourth-order valence-electron chi connectivity index (χ4n) is 1.21. The molecule has 0 saturated carbocycles. The van der Waals surface area contributed by atoms with E-state index in [0.29, 0.717) is 10.6 Å². The topological polar surface area (TPSA) is 68.7 Å². The molecule has 1 N–H and O–H groups in total. The number of esters is 1. The zero-order chi connectivity index (χ0) is 12.3. The third-order valence-electron chi connectivity index (χ3n) is 1.99. The molecule has 1 heterocycles. The number of hydrogen-bond acceptors (Lipinski definition) is 6. The first kappa shape index (κ1) is 11.4. The van der Waals surface area contributed by atoms with Crippen molar-refractivity contribution < 1.29 is 19.4 Å². The SMILES string of the molecule is COc1ccc(OC(=O)c2cncs2)cc1O. The van der Waals surface area contributed by atoms with Gasteiger partial charge < -0.3 is 14.6 Å². The molecule has 6 heteroatoms. The number of ether oxygens (including phenoxy) is 2. The molecule has 0 saturated heterocycles. The van der Waals surface area contributed by atoms with Gasteiger partial charge in [-0.05, 0) is 12.1 Å². The van der Waals surface area contributed by atoms with Gasteiger partial charge in [0.2, 0.25) is 0 Å². The molecule has 0 aliphatic heterocycles. The van der Waals surface area contributed by atoms with Crippen molar-refractivity contribution in [1.82, 2.24) is 4.98 Å². The Morgan fingerprint density at radius 1 is 1.47 bits per heavy atom. The molecule has 0 unspecified atom stereocenters. The number of phenolic OH excluding ortho intramolecular Hbond substituents is 1. The zero-order valence-corrected chi connectivity index (χ0v) is 9.73. The second-order valence-corrected chi connectivity index (χ2v) is 3.98. The maximum atomic E-state index is 11.6. The summed E-state index contributed by atoms with van der Waals surface area (Å²) in [6, 6.07) is 4.37. The van der Waals surface area contributed by atoms with Crippen molar-refractivity contribution in [3.05, 3.63) is 34.8 Å². The highest BCUT2D eigenvalue weighted by Gasteiger charge is 2.11. The van der Waals surface area contributed by atoms with E-state index in [2.05, 4.69) is 4.98 Å². The van der Waals surface area contributed by atoms with E-state index in [1.54, 1.807) is 5.51 Å². The third kappa shape index (κ3) is 2.54. The highest BCUT2D eigenvalue weighted by Crippen LogP contribution is 2.30. The summed E-state index contributed by atoms with van der Waals surface area (Å²) in [5.74, 6) is -0.0107. The quantitative estimate of drug-likeness (QED) is 0.668. The average molecular weight is 251 g/mol.